The van der Waals surface area contributed by atoms with Crippen LogP contribution in [0.4, 0.5) is 0 Å². The number of ketones is 1. The molecule has 1 rings (SSSR count). The van der Waals surface area contributed by atoms with E-state index in [-0.39, 0.29) is 6.04 Å². The minimum Gasteiger partial charge on any atom is -0.298 e. The number of rotatable bonds is 3. The number of likely N-dealkylation sites (tertiary alicyclic amines) is 1. The number of hydrogen-bond donors (Lipinski definition) is 0. The Hall–Kier alpha value is -0.370. The zero-order valence-electron chi connectivity index (χ0n) is 8.34. The molecule has 0 aliphatic carbocycles. The summed E-state index contributed by atoms with van der Waals surface area (Å²) in [4.78, 5) is 13.6. The van der Waals surface area contributed by atoms with Crippen LogP contribution in [0.3, 0.4) is 0 Å². The van der Waals surface area contributed by atoms with E-state index in [0.29, 0.717) is 11.8 Å². The zero-order valence-corrected chi connectivity index (χ0v) is 8.34. The first-order valence-electron chi connectivity index (χ1n) is 4.93. The second kappa shape index (κ2) is 4.04. The van der Waals surface area contributed by atoms with Crippen LogP contribution in [-0.2, 0) is 4.79 Å². The van der Waals surface area contributed by atoms with E-state index in [0.717, 1.165) is 13.0 Å². The Balaban J connectivity index is 2.58. The maximum absolute atomic E-state index is 11.3. The molecule has 0 radical (unpaired) electrons. The van der Waals surface area contributed by atoms with Gasteiger partial charge in [0.1, 0.15) is 5.78 Å². The minimum atomic E-state index is 0.183. The lowest BCUT2D eigenvalue weighted by atomic mass is 10.1. The first kappa shape index (κ1) is 9.72. The van der Waals surface area contributed by atoms with Gasteiger partial charge in [-0.2, -0.15) is 0 Å². The standard InChI is InChI=1S/C10H19NO/c1-4-10(9(3)12)11-7-5-6-8(11)2/h8,10H,4-7H2,1-3H3/t8?,10-/m1/s1. The van der Waals surface area contributed by atoms with Crippen LogP contribution >= 0.6 is 0 Å². The molecule has 0 N–H and O–H groups in total. The summed E-state index contributed by atoms with van der Waals surface area (Å²) in [6, 6.07) is 0.793. The Bertz CT molecular complexity index is 167. The molecule has 70 valence electrons. The predicted molar refractivity (Wildman–Crippen MR) is 50.2 cm³/mol. The van der Waals surface area contributed by atoms with Gasteiger partial charge in [-0.15, -0.1) is 0 Å². The van der Waals surface area contributed by atoms with E-state index in [1.165, 1.54) is 12.8 Å². The van der Waals surface area contributed by atoms with Gasteiger partial charge in [-0.25, -0.2) is 0 Å². The van der Waals surface area contributed by atoms with Gasteiger partial charge in [-0.05, 0) is 39.7 Å². The monoisotopic (exact) mass is 169 g/mol. The third-order valence-electron chi connectivity index (χ3n) is 2.86. The smallest absolute Gasteiger partial charge is 0.146 e. The summed E-state index contributed by atoms with van der Waals surface area (Å²) >= 11 is 0. The van der Waals surface area contributed by atoms with Gasteiger partial charge >= 0.3 is 0 Å². The van der Waals surface area contributed by atoms with Crippen LogP contribution in [0, 0.1) is 0 Å². The number of carbonyl (C=O) groups is 1. The maximum atomic E-state index is 11.3. The molecule has 2 atom stereocenters. The van der Waals surface area contributed by atoms with Gasteiger partial charge in [0.15, 0.2) is 0 Å². The highest BCUT2D eigenvalue weighted by molar-refractivity contribution is 5.81. The van der Waals surface area contributed by atoms with E-state index in [1.54, 1.807) is 6.92 Å². The Morgan fingerprint density at radius 1 is 1.67 bits per heavy atom. The quantitative estimate of drug-likeness (QED) is 0.642. The van der Waals surface area contributed by atoms with Gasteiger partial charge in [-0.1, -0.05) is 6.92 Å². The maximum Gasteiger partial charge on any atom is 0.146 e. The van der Waals surface area contributed by atoms with Crippen LogP contribution in [0.1, 0.15) is 40.0 Å². The van der Waals surface area contributed by atoms with Gasteiger partial charge in [0.2, 0.25) is 0 Å². The summed E-state index contributed by atoms with van der Waals surface area (Å²) < 4.78 is 0. The van der Waals surface area contributed by atoms with Crippen molar-refractivity contribution in [2.24, 2.45) is 0 Å². The molecule has 1 aliphatic heterocycles. The lowest BCUT2D eigenvalue weighted by Gasteiger charge is -2.28. The Labute approximate surface area is 74.9 Å². The average molecular weight is 169 g/mol. The van der Waals surface area contributed by atoms with Crippen LogP contribution in [0.5, 0.6) is 0 Å². The molecule has 12 heavy (non-hydrogen) atoms. The number of carbonyl (C=O) groups excluding carboxylic acids is 1. The highest BCUT2D eigenvalue weighted by Gasteiger charge is 2.28. The molecule has 0 aromatic heterocycles. The summed E-state index contributed by atoms with van der Waals surface area (Å²) in [6.45, 7) is 7.13. The first-order valence-corrected chi connectivity index (χ1v) is 4.93. The van der Waals surface area contributed by atoms with Crippen molar-refractivity contribution in [3.8, 4) is 0 Å². The molecule has 1 fully saturated rings. The summed E-state index contributed by atoms with van der Waals surface area (Å²) in [7, 11) is 0. The van der Waals surface area contributed by atoms with Crippen molar-refractivity contribution in [1.82, 2.24) is 4.90 Å². The fraction of sp³-hybridized carbons (Fsp3) is 0.900. The van der Waals surface area contributed by atoms with Crippen molar-refractivity contribution < 1.29 is 4.79 Å². The van der Waals surface area contributed by atoms with Gasteiger partial charge < -0.3 is 0 Å². The fourth-order valence-electron chi connectivity index (χ4n) is 2.17. The van der Waals surface area contributed by atoms with Crippen LogP contribution in [0.25, 0.3) is 0 Å². The van der Waals surface area contributed by atoms with Crippen LogP contribution in [0.15, 0.2) is 0 Å². The summed E-state index contributed by atoms with van der Waals surface area (Å²) in [5.74, 6) is 0.325. The summed E-state index contributed by atoms with van der Waals surface area (Å²) in [5, 5.41) is 0. The second-order valence-corrected chi connectivity index (χ2v) is 3.76. The molecule has 0 aromatic carbocycles. The average Bonchev–Trinajstić information content (AvgIpc) is 2.38. The second-order valence-electron chi connectivity index (χ2n) is 3.76. The molecule has 0 amide bonds. The highest BCUT2D eigenvalue weighted by Crippen LogP contribution is 2.21. The summed E-state index contributed by atoms with van der Waals surface area (Å²) in [6.07, 6.45) is 3.47. The van der Waals surface area contributed by atoms with Crippen LogP contribution in [-0.4, -0.2) is 29.3 Å². The zero-order chi connectivity index (χ0) is 9.14. The molecule has 0 saturated carbocycles. The first-order chi connectivity index (χ1) is 5.66. The lowest BCUT2D eigenvalue weighted by Crippen LogP contribution is -2.41. The molecule has 1 heterocycles. The van der Waals surface area contributed by atoms with E-state index in [2.05, 4.69) is 18.7 Å². The van der Waals surface area contributed by atoms with Crippen molar-refractivity contribution >= 4 is 5.78 Å². The third-order valence-corrected chi connectivity index (χ3v) is 2.86. The number of hydrogen-bond acceptors (Lipinski definition) is 2. The SMILES string of the molecule is CC[C@H](C(C)=O)N1CCCC1C. The largest absolute Gasteiger partial charge is 0.298 e. The molecule has 0 spiro atoms. The van der Waals surface area contributed by atoms with Gasteiger partial charge in [0, 0.05) is 6.04 Å². The lowest BCUT2D eigenvalue weighted by molar-refractivity contribution is -0.122. The van der Waals surface area contributed by atoms with Gasteiger partial charge in [-0.3, -0.25) is 9.69 Å². The molecule has 2 heteroatoms. The highest BCUT2D eigenvalue weighted by atomic mass is 16.1. The van der Waals surface area contributed by atoms with E-state index < -0.39 is 0 Å². The van der Waals surface area contributed by atoms with E-state index in [4.69, 9.17) is 0 Å². The van der Waals surface area contributed by atoms with E-state index in [1.807, 2.05) is 0 Å². The van der Waals surface area contributed by atoms with Crippen molar-refractivity contribution in [2.75, 3.05) is 6.54 Å². The van der Waals surface area contributed by atoms with E-state index >= 15 is 0 Å². The topological polar surface area (TPSA) is 20.3 Å². The molecule has 2 nitrogen and oxygen atoms in total. The molecule has 1 saturated heterocycles. The van der Waals surface area contributed by atoms with Gasteiger partial charge in [0.05, 0.1) is 6.04 Å². The summed E-state index contributed by atoms with van der Waals surface area (Å²) in [5.41, 5.74) is 0. The number of Topliss-reactive ketones (excluding diaryl/α,β-unsaturated/α-hetero) is 1. The molecule has 0 bridgehead atoms. The molecular weight excluding hydrogens is 150 g/mol. The normalized spacial score (nSPS) is 27.4. The van der Waals surface area contributed by atoms with Crippen LogP contribution < -0.4 is 0 Å². The molecular formula is C10H19NO. The molecule has 0 aromatic rings. The number of nitrogens with zero attached hydrogens (tertiary/aromatic N) is 1. The fourth-order valence-corrected chi connectivity index (χ4v) is 2.17. The van der Waals surface area contributed by atoms with Crippen molar-refractivity contribution in [1.29, 1.82) is 0 Å². The molecule has 1 aliphatic rings. The van der Waals surface area contributed by atoms with Gasteiger partial charge in [0.25, 0.3) is 0 Å². The van der Waals surface area contributed by atoms with E-state index in [9.17, 15) is 4.79 Å². The van der Waals surface area contributed by atoms with Crippen LogP contribution in [0.2, 0.25) is 0 Å². The van der Waals surface area contributed by atoms with Crippen molar-refractivity contribution in [3.05, 3.63) is 0 Å². The van der Waals surface area contributed by atoms with Crippen molar-refractivity contribution in [2.45, 2.75) is 52.1 Å². The van der Waals surface area contributed by atoms with Crippen molar-refractivity contribution in [3.63, 3.8) is 0 Å². The predicted octanol–water partition coefficient (Wildman–Crippen LogP) is 1.84. The third kappa shape index (κ3) is 1.86. The minimum absolute atomic E-state index is 0.183. The Morgan fingerprint density at radius 3 is 2.67 bits per heavy atom. The molecule has 1 unspecified atom stereocenters. The Kier molecular flexibility index (Phi) is 3.27. The Morgan fingerprint density at radius 2 is 2.33 bits per heavy atom.